The van der Waals surface area contributed by atoms with Crippen LogP contribution in [0.2, 0.25) is 0 Å². The van der Waals surface area contributed by atoms with Gasteiger partial charge in [0.2, 0.25) is 0 Å². The lowest BCUT2D eigenvalue weighted by molar-refractivity contribution is 0.307. The fraction of sp³-hybridized carbons (Fsp3) is 0.222. The number of ether oxygens (including phenoxy) is 1. The van der Waals surface area contributed by atoms with E-state index in [4.69, 9.17) is 10.00 Å². The highest BCUT2D eigenvalue weighted by atomic mass is 16.5. The second-order valence-corrected chi connectivity index (χ2v) is 4.65. The van der Waals surface area contributed by atoms with Gasteiger partial charge in [-0.25, -0.2) is 0 Å². The van der Waals surface area contributed by atoms with E-state index in [0.29, 0.717) is 13.0 Å². The Labute approximate surface area is 125 Å². The molecule has 0 aliphatic carbocycles. The zero-order chi connectivity index (χ0) is 14.8. The highest BCUT2D eigenvalue weighted by Crippen LogP contribution is 2.15. The minimum Gasteiger partial charge on any atom is -0.494 e. The monoisotopic (exact) mass is 278 g/mol. The first kappa shape index (κ1) is 14.8. The zero-order valence-electron chi connectivity index (χ0n) is 11.9. The molecule has 106 valence electrons. The summed E-state index contributed by atoms with van der Waals surface area (Å²) in [6.07, 6.45) is 10.1. The Morgan fingerprint density at radius 2 is 1.62 bits per heavy atom. The lowest BCUT2D eigenvalue weighted by Crippen LogP contribution is -1.96. The SMILES string of the molecule is N#CCCCCOc1ccc(/C=C/c2ccncc2)cc1. The summed E-state index contributed by atoms with van der Waals surface area (Å²) in [7, 11) is 0. The van der Waals surface area contributed by atoms with Gasteiger partial charge in [-0.2, -0.15) is 5.26 Å². The van der Waals surface area contributed by atoms with Crippen molar-refractivity contribution in [3.63, 3.8) is 0 Å². The predicted octanol–water partition coefficient (Wildman–Crippen LogP) is 4.32. The van der Waals surface area contributed by atoms with E-state index in [1.807, 2.05) is 36.4 Å². The Balaban J connectivity index is 1.82. The molecule has 21 heavy (non-hydrogen) atoms. The second kappa shape index (κ2) is 8.55. The van der Waals surface area contributed by atoms with Crippen LogP contribution < -0.4 is 4.74 Å². The average Bonchev–Trinajstić information content (AvgIpc) is 2.55. The third kappa shape index (κ3) is 5.50. The minimum absolute atomic E-state index is 0.599. The molecule has 0 fully saturated rings. The third-order valence-electron chi connectivity index (χ3n) is 3.01. The Kier molecular flexibility index (Phi) is 6.02. The Hall–Kier alpha value is -2.60. The van der Waals surface area contributed by atoms with Crippen molar-refractivity contribution in [3.05, 3.63) is 59.9 Å². The summed E-state index contributed by atoms with van der Waals surface area (Å²) in [6.45, 7) is 0.661. The predicted molar refractivity (Wildman–Crippen MR) is 84.6 cm³/mol. The molecular weight excluding hydrogens is 260 g/mol. The highest BCUT2D eigenvalue weighted by Gasteiger charge is 1.94. The van der Waals surface area contributed by atoms with Crippen molar-refractivity contribution in [1.82, 2.24) is 4.98 Å². The summed E-state index contributed by atoms with van der Waals surface area (Å²) in [5.74, 6) is 0.869. The number of benzene rings is 1. The van der Waals surface area contributed by atoms with Gasteiger partial charge in [0.25, 0.3) is 0 Å². The number of nitrogens with zero attached hydrogens (tertiary/aromatic N) is 2. The van der Waals surface area contributed by atoms with Crippen molar-refractivity contribution < 1.29 is 4.74 Å². The van der Waals surface area contributed by atoms with E-state index >= 15 is 0 Å². The Morgan fingerprint density at radius 1 is 0.952 bits per heavy atom. The number of hydrogen-bond donors (Lipinski definition) is 0. The van der Waals surface area contributed by atoms with Crippen molar-refractivity contribution in [1.29, 1.82) is 5.26 Å². The van der Waals surface area contributed by atoms with E-state index in [1.165, 1.54) is 0 Å². The summed E-state index contributed by atoms with van der Waals surface area (Å²) >= 11 is 0. The molecule has 0 saturated heterocycles. The molecule has 3 heteroatoms. The maximum Gasteiger partial charge on any atom is 0.119 e. The molecule has 1 heterocycles. The molecule has 0 bridgehead atoms. The van der Waals surface area contributed by atoms with Gasteiger partial charge in [-0.15, -0.1) is 0 Å². The van der Waals surface area contributed by atoms with Gasteiger partial charge in [0.1, 0.15) is 5.75 Å². The first-order valence-electron chi connectivity index (χ1n) is 7.06. The molecule has 2 rings (SSSR count). The van der Waals surface area contributed by atoms with E-state index in [0.717, 1.165) is 29.7 Å². The topological polar surface area (TPSA) is 45.9 Å². The van der Waals surface area contributed by atoms with Gasteiger partial charge in [0.05, 0.1) is 12.7 Å². The molecule has 0 unspecified atom stereocenters. The smallest absolute Gasteiger partial charge is 0.119 e. The van der Waals surface area contributed by atoms with Gasteiger partial charge in [-0.05, 0) is 48.2 Å². The fourth-order valence-electron chi connectivity index (χ4n) is 1.84. The van der Waals surface area contributed by atoms with E-state index < -0.39 is 0 Å². The summed E-state index contributed by atoms with van der Waals surface area (Å²) in [5.41, 5.74) is 2.26. The molecule has 3 nitrogen and oxygen atoms in total. The van der Waals surface area contributed by atoms with Crippen LogP contribution >= 0.6 is 0 Å². The van der Waals surface area contributed by atoms with Crippen LogP contribution in [0.3, 0.4) is 0 Å². The summed E-state index contributed by atoms with van der Waals surface area (Å²) in [4.78, 5) is 3.99. The molecule has 0 N–H and O–H groups in total. The molecule has 0 aliphatic rings. The van der Waals surface area contributed by atoms with Crippen LogP contribution in [0.15, 0.2) is 48.8 Å². The molecule has 0 atom stereocenters. The van der Waals surface area contributed by atoms with Crippen LogP contribution in [0.5, 0.6) is 5.75 Å². The number of pyridine rings is 1. The molecule has 2 aromatic rings. The first-order chi connectivity index (χ1) is 10.4. The molecular formula is C18H18N2O. The van der Waals surface area contributed by atoms with Crippen molar-refractivity contribution in [2.45, 2.75) is 19.3 Å². The quantitative estimate of drug-likeness (QED) is 0.708. The van der Waals surface area contributed by atoms with E-state index in [2.05, 4.69) is 23.2 Å². The average molecular weight is 278 g/mol. The zero-order valence-corrected chi connectivity index (χ0v) is 11.9. The van der Waals surface area contributed by atoms with Crippen molar-refractivity contribution >= 4 is 12.2 Å². The minimum atomic E-state index is 0.599. The number of unbranched alkanes of at least 4 members (excludes halogenated alkanes) is 2. The van der Waals surface area contributed by atoms with Crippen LogP contribution in [-0.4, -0.2) is 11.6 Å². The molecule has 1 aromatic heterocycles. The highest BCUT2D eigenvalue weighted by molar-refractivity contribution is 5.69. The maximum absolute atomic E-state index is 8.45. The third-order valence-corrected chi connectivity index (χ3v) is 3.01. The molecule has 0 saturated carbocycles. The number of rotatable bonds is 7. The van der Waals surface area contributed by atoms with E-state index in [1.54, 1.807) is 12.4 Å². The maximum atomic E-state index is 8.45. The van der Waals surface area contributed by atoms with Crippen LogP contribution in [0.25, 0.3) is 12.2 Å². The summed E-state index contributed by atoms with van der Waals surface area (Å²) in [6, 6.07) is 14.1. The van der Waals surface area contributed by atoms with Crippen molar-refractivity contribution in [2.24, 2.45) is 0 Å². The van der Waals surface area contributed by atoms with Gasteiger partial charge in [0.15, 0.2) is 0 Å². The molecule has 1 aromatic carbocycles. The van der Waals surface area contributed by atoms with Crippen molar-refractivity contribution in [3.8, 4) is 11.8 Å². The molecule has 0 spiro atoms. The number of aromatic nitrogens is 1. The largest absolute Gasteiger partial charge is 0.494 e. The lowest BCUT2D eigenvalue weighted by atomic mass is 10.1. The van der Waals surface area contributed by atoms with Gasteiger partial charge < -0.3 is 4.74 Å². The number of nitriles is 1. The van der Waals surface area contributed by atoms with E-state index in [9.17, 15) is 0 Å². The normalized spacial score (nSPS) is 10.4. The van der Waals surface area contributed by atoms with Crippen molar-refractivity contribution in [2.75, 3.05) is 6.61 Å². The summed E-state index contributed by atoms with van der Waals surface area (Å²) in [5, 5.41) is 8.45. The van der Waals surface area contributed by atoms with Crippen LogP contribution in [0, 0.1) is 11.3 Å². The van der Waals surface area contributed by atoms with Crippen LogP contribution in [0.1, 0.15) is 30.4 Å². The van der Waals surface area contributed by atoms with Gasteiger partial charge in [0, 0.05) is 18.8 Å². The van der Waals surface area contributed by atoms with Gasteiger partial charge >= 0.3 is 0 Å². The molecule has 0 amide bonds. The lowest BCUT2D eigenvalue weighted by Gasteiger charge is -2.05. The second-order valence-electron chi connectivity index (χ2n) is 4.65. The van der Waals surface area contributed by atoms with Crippen LogP contribution in [-0.2, 0) is 0 Å². The van der Waals surface area contributed by atoms with Gasteiger partial charge in [-0.1, -0.05) is 24.3 Å². The Bertz CT molecular complexity index is 597. The number of hydrogen-bond acceptors (Lipinski definition) is 3. The molecule has 0 radical (unpaired) electrons. The first-order valence-corrected chi connectivity index (χ1v) is 7.06. The standard InChI is InChI=1S/C18H18N2O/c19-12-2-1-3-15-21-18-8-6-16(7-9-18)4-5-17-10-13-20-14-11-17/h4-11,13-14H,1-3,15H2/b5-4+. The Morgan fingerprint density at radius 3 is 2.29 bits per heavy atom. The molecule has 0 aliphatic heterocycles. The fourth-order valence-corrected chi connectivity index (χ4v) is 1.84. The van der Waals surface area contributed by atoms with Crippen LogP contribution in [0.4, 0.5) is 0 Å². The summed E-state index contributed by atoms with van der Waals surface area (Å²) < 4.78 is 5.63. The van der Waals surface area contributed by atoms with Gasteiger partial charge in [-0.3, -0.25) is 4.98 Å². The van der Waals surface area contributed by atoms with E-state index in [-0.39, 0.29) is 0 Å².